The lowest BCUT2D eigenvalue weighted by Gasteiger charge is -2.39. The first-order chi connectivity index (χ1) is 15.6. The molecule has 1 amide bonds. The van der Waals surface area contributed by atoms with Gasteiger partial charge in [-0.1, -0.05) is 13.8 Å². The number of hydrogen-bond donors (Lipinski definition) is 2. The highest BCUT2D eigenvalue weighted by Gasteiger charge is 2.36. The van der Waals surface area contributed by atoms with E-state index < -0.39 is 21.6 Å². The summed E-state index contributed by atoms with van der Waals surface area (Å²) in [5.41, 5.74) is 1.07. The fraction of sp³-hybridized carbons (Fsp3) is 0.500. The molecule has 3 atom stereocenters. The second-order valence-electron chi connectivity index (χ2n) is 8.89. The Morgan fingerprint density at radius 2 is 2.09 bits per heavy atom. The van der Waals surface area contributed by atoms with E-state index in [4.69, 9.17) is 9.52 Å². The quantitative estimate of drug-likeness (QED) is 0.670. The molecule has 9 nitrogen and oxygen atoms in total. The molecule has 2 N–H and O–H groups in total. The summed E-state index contributed by atoms with van der Waals surface area (Å²) < 4.78 is 40.7. The van der Waals surface area contributed by atoms with E-state index in [1.54, 1.807) is 4.90 Å². The fourth-order valence-electron chi connectivity index (χ4n) is 4.55. The van der Waals surface area contributed by atoms with Crippen molar-refractivity contribution in [1.29, 1.82) is 4.78 Å². The van der Waals surface area contributed by atoms with Crippen LogP contribution in [0.1, 0.15) is 32.3 Å². The zero-order valence-corrected chi connectivity index (χ0v) is 19.6. The normalized spacial score (nSPS) is 22.2. The Kier molecular flexibility index (Phi) is 6.17. The Hall–Kier alpha value is -2.95. The van der Waals surface area contributed by atoms with Crippen LogP contribution >= 0.6 is 0 Å². The Morgan fingerprint density at radius 3 is 2.73 bits per heavy atom. The average Bonchev–Trinajstić information content (AvgIpc) is 3.17. The highest BCUT2D eigenvalue weighted by Crippen LogP contribution is 2.39. The summed E-state index contributed by atoms with van der Waals surface area (Å²) in [7, 11) is -3.01. The summed E-state index contributed by atoms with van der Waals surface area (Å²) in [6.07, 6.45) is 3.26. The second-order valence-corrected chi connectivity index (χ2v) is 11.0. The van der Waals surface area contributed by atoms with Crippen LogP contribution in [0.5, 0.6) is 5.88 Å². The van der Waals surface area contributed by atoms with Crippen molar-refractivity contribution < 1.29 is 23.2 Å². The van der Waals surface area contributed by atoms with Gasteiger partial charge >= 0.3 is 6.09 Å². The van der Waals surface area contributed by atoms with Gasteiger partial charge in [-0.25, -0.2) is 28.1 Å². The maximum absolute atomic E-state index is 14.8. The van der Waals surface area contributed by atoms with Crippen LogP contribution in [0, 0.1) is 16.5 Å². The molecule has 2 aliphatic rings. The zero-order chi connectivity index (χ0) is 23.9. The van der Waals surface area contributed by atoms with E-state index in [-0.39, 0.29) is 23.0 Å². The number of nitrogens with one attached hydrogen (secondary N) is 1. The minimum atomic E-state index is -3.01. The molecule has 1 fully saturated rings. The molecule has 33 heavy (non-hydrogen) atoms. The number of halogens is 1. The van der Waals surface area contributed by atoms with Crippen LogP contribution < -0.4 is 9.64 Å². The monoisotopic (exact) mass is 477 g/mol. The minimum absolute atomic E-state index is 0.133. The molecular formula is C22H28FN5O4S. The number of likely N-dealkylation sites (tertiary alicyclic amines) is 1. The highest BCUT2D eigenvalue weighted by atomic mass is 32.2. The van der Waals surface area contributed by atoms with Crippen molar-refractivity contribution in [1.82, 2.24) is 14.9 Å². The summed E-state index contributed by atoms with van der Waals surface area (Å²) in [6.45, 7) is 4.88. The summed E-state index contributed by atoms with van der Waals surface area (Å²) >= 11 is 0. The molecule has 1 unspecified atom stereocenters. The van der Waals surface area contributed by atoms with Gasteiger partial charge in [0.25, 0.3) is 0 Å². The molecule has 2 aliphatic heterocycles. The lowest BCUT2D eigenvalue weighted by atomic mass is 9.91. The molecule has 3 heterocycles. The number of carboxylic acid groups (broad SMARTS) is 1. The molecule has 2 aromatic rings. The SMILES string of the molecule is CC(C)C1C[C@H](Oc2ncnc3c2CCN3c2ccc([S@@](C)(=N)=O)cc2F)CCN1C(=O)O. The zero-order valence-electron chi connectivity index (χ0n) is 18.8. The van der Waals surface area contributed by atoms with E-state index in [1.165, 1.54) is 29.6 Å². The molecular weight excluding hydrogens is 449 g/mol. The van der Waals surface area contributed by atoms with Crippen LogP contribution in [-0.2, 0) is 16.1 Å². The number of amides is 1. The molecule has 1 aromatic heterocycles. The van der Waals surface area contributed by atoms with Crippen LogP contribution in [0.2, 0.25) is 0 Å². The lowest BCUT2D eigenvalue weighted by molar-refractivity contribution is 0.0361. The summed E-state index contributed by atoms with van der Waals surface area (Å²) in [4.78, 5) is 23.6. The van der Waals surface area contributed by atoms with Crippen molar-refractivity contribution in [3.05, 3.63) is 35.9 Å². The van der Waals surface area contributed by atoms with Gasteiger partial charge in [-0.05, 0) is 30.5 Å². The van der Waals surface area contributed by atoms with Gasteiger partial charge in [0.05, 0.1) is 21.0 Å². The van der Waals surface area contributed by atoms with E-state index in [2.05, 4.69) is 9.97 Å². The van der Waals surface area contributed by atoms with Crippen molar-refractivity contribution >= 4 is 27.3 Å². The van der Waals surface area contributed by atoms with Crippen molar-refractivity contribution in [2.75, 3.05) is 24.2 Å². The number of aromatic nitrogens is 2. The molecule has 1 aromatic carbocycles. The molecule has 0 radical (unpaired) electrons. The second kappa shape index (κ2) is 8.77. The Morgan fingerprint density at radius 1 is 1.33 bits per heavy atom. The maximum Gasteiger partial charge on any atom is 0.407 e. The van der Waals surface area contributed by atoms with Gasteiger partial charge in [0.1, 0.15) is 24.1 Å². The number of benzene rings is 1. The lowest BCUT2D eigenvalue weighted by Crippen LogP contribution is -2.50. The molecule has 11 heteroatoms. The van der Waals surface area contributed by atoms with Gasteiger partial charge in [-0.15, -0.1) is 0 Å². The number of piperidine rings is 1. The van der Waals surface area contributed by atoms with Gasteiger partial charge in [-0.2, -0.15) is 0 Å². The van der Waals surface area contributed by atoms with Crippen LogP contribution in [-0.4, -0.2) is 61.8 Å². The van der Waals surface area contributed by atoms with Crippen LogP contribution in [0.25, 0.3) is 0 Å². The van der Waals surface area contributed by atoms with Crippen molar-refractivity contribution in [3.63, 3.8) is 0 Å². The van der Waals surface area contributed by atoms with Crippen LogP contribution in [0.4, 0.5) is 20.7 Å². The first kappa shape index (κ1) is 23.2. The van der Waals surface area contributed by atoms with E-state index in [1.807, 2.05) is 13.8 Å². The molecule has 0 saturated carbocycles. The first-order valence-corrected chi connectivity index (χ1v) is 12.8. The van der Waals surface area contributed by atoms with Crippen molar-refractivity contribution in [2.45, 2.75) is 50.2 Å². The van der Waals surface area contributed by atoms with Crippen molar-refractivity contribution in [2.24, 2.45) is 5.92 Å². The number of fused-ring (bicyclic) bond motifs is 1. The van der Waals surface area contributed by atoms with E-state index >= 15 is 0 Å². The van der Waals surface area contributed by atoms with E-state index in [0.29, 0.717) is 49.7 Å². The van der Waals surface area contributed by atoms with Gasteiger partial charge in [-0.3, -0.25) is 0 Å². The largest absolute Gasteiger partial charge is 0.474 e. The highest BCUT2D eigenvalue weighted by molar-refractivity contribution is 7.91. The standard InChI is InChI=1S/C22H28FN5O4S/c1-13(2)19-10-14(6-8-28(19)22(29)30)32-21-16-7-9-27(20(16)25-12-26-21)18-5-4-15(11-17(18)23)33(3,24)31/h4-5,11-14,19,24H,6-10H2,1-3H3,(H,29,30)/t14-,19?,33+/m1/s1. The van der Waals surface area contributed by atoms with Gasteiger partial charge in [0.15, 0.2) is 0 Å². The Labute approximate surface area is 192 Å². The van der Waals surface area contributed by atoms with Gasteiger partial charge < -0.3 is 19.6 Å². The number of nitrogens with zero attached hydrogens (tertiary/aromatic N) is 4. The Bertz CT molecular complexity index is 1170. The number of carbonyl (C=O) groups is 1. The van der Waals surface area contributed by atoms with Crippen LogP contribution in [0.15, 0.2) is 29.4 Å². The molecule has 0 aliphatic carbocycles. The van der Waals surface area contributed by atoms with Crippen LogP contribution in [0.3, 0.4) is 0 Å². The number of hydrogen-bond acceptors (Lipinski definition) is 7. The molecule has 4 rings (SSSR count). The number of anilines is 2. The summed E-state index contributed by atoms with van der Waals surface area (Å²) in [5, 5.41) is 9.48. The fourth-order valence-corrected chi connectivity index (χ4v) is 5.21. The third kappa shape index (κ3) is 4.59. The smallest absolute Gasteiger partial charge is 0.407 e. The number of ether oxygens (including phenoxy) is 1. The maximum atomic E-state index is 14.8. The molecule has 178 valence electrons. The summed E-state index contributed by atoms with van der Waals surface area (Å²) in [5.74, 6) is 0.590. The predicted molar refractivity (Wildman–Crippen MR) is 121 cm³/mol. The third-order valence-corrected chi connectivity index (χ3v) is 7.43. The van der Waals surface area contributed by atoms with Gasteiger partial charge in [0.2, 0.25) is 5.88 Å². The first-order valence-electron chi connectivity index (χ1n) is 10.9. The third-order valence-electron chi connectivity index (χ3n) is 6.27. The van der Waals surface area contributed by atoms with Crippen molar-refractivity contribution in [3.8, 4) is 5.88 Å². The van der Waals surface area contributed by atoms with E-state index in [0.717, 1.165) is 11.6 Å². The average molecular weight is 478 g/mol. The van der Waals surface area contributed by atoms with Gasteiger partial charge in [0, 0.05) is 43.1 Å². The topological polar surface area (TPSA) is 120 Å². The number of rotatable bonds is 5. The van der Waals surface area contributed by atoms with E-state index in [9.17, 15) is 18.5 Å². The Balaban J connectivity index is 1.56. The predicted octanol–water partition coefficient (Wildman–Crippen LogP) is 3.89. The minimum Gasteiger partial charge on any atom is -0.474 e. The molecule has 0 bridgehead atoms. The molecule has 0 spiro atoms. The molecule has 1 saturated heterocycles. The summed E-state index contributed by atoms with van der Waals surface area (Å²) in [6, 6.07) is 4.04.